The molecule has 0 radical (unpaired) electrons. The molecular weight excluding hydrogens is 222 g/mol. The largest absolute Gasteiger partial charge is 0.346 e. The topological polar surface area (TPSA) is 46.1 Å². The third kappa shape index (κ3) is 2.09. The third-order valence-electron chi connectivity index (χ3n) is 2.05. The van der Waals surface area contributed by atoms with Crippen LogP contribution in [0.15, 0.2) is 30.3 Å². The van der Waals surface area contributed by atoms with Gasteiger partial charge in [0.25, 0.3) is 0 Å². The second kappa shape index (κ2) is 4.40. The summed E-state index contributed by atoms with van der Waals surface area (Å²) in [6, 6.07) is 9.10. The third-order valence-corrected chi connectivity index (χ3v) is 2.75. The van der Waals surface area contributed by atoms with Crippen molar-refractivity contribution in [1.82, 2.24) is 9.36 Å². The molecule has 1 heterocycles. The lowest BCUT2D eigenvalue weighted by atomic mass is 10.1. The van der Waals surface area contributed by atoms with Gasteiger partial charge < -0.3 is 4.90 Å². The van der Waals surface area contributed by atoms with E-state index in [-0.39, 0.29) is 5.78 Å². The van der Waals surface area contributed by atoms with Crippen molar-refractivity contribution >= 4 is 23.3 Å². The van der Waals surface area contributed by atoms with Crippen molar-refractivity contribution in [3.63, 3.8) is 0 Å². The highest BCUT2D eigenvalue weighted by molar-refractivity contribution is 7.08. The van der Waals surface area contributed by atoms with E-state index in [1.807, 2.05) is 32.3 Å². The minimum Gasteiger partial charge on any atom is -0.346 e. The zero-order valence-corrected chi connectivity index (χ0v) is 9.86. The fraction of sp³-hybridized carbons (Fsp3) is 0.182. The first-order valence-corrected chi connectivity index (χ1v) is 5.56. The minimum absolute atomic E-state index is 0.0776. The summed E-state index contributed by atoms with van der Waals surface area (Å²) in [5.41, 5.74) is 0.643. The second-order valence-corrected chi connectivity index (χ2v) is 4.24. The van der Waals surface area contributed by atoms with Crippen LogP contribution >= 0.6 is 11.5 Å². The quantitative estimate of drug-likeness (QED) is 0.759. The van der Waals surface area contributed by atoms with Gasteiger partial charge in [-0.05, 0) is 11.5 Å². The Labute approximate surface area is 97.7 Å². The molecule has 0 aliphatic heterocycles. The van der Waals surface area contributed by atoms with E-state index in [0.717, 1.165) is 11.5 Å². The van der Waals surface area contributed by atoms with Crippen LogP contribution in [0.2, 0.25) is 0 Å². The average Bonchev–Trinajstić information content (AvgIpc) is 2.78. The van der Waals surface area contributed by atoms with Gasteiger partial charge in [0.1, 0.15) is 0 Å². The van der Waals surface area contributed by atoms with Crippen molar-refractivity contribution in [1.29, 1.82) is 0 Å². The molecule has 1 aromatic heterocycles. The van der Waals surface area contributed by atoms with Crippen LogP contribution in [0.4, 0.5) is 5.95 Å². The van der Waals surface area contributed by atoms with Gasteiger partial charge in [-0.25, -0.2) is 0 Å². The van der Waals surface area contributed by atoms with Gasteiger partial charge in [-0.2, -0.15) is 9.36 Å². The Morgan fingerprint density at radius 1 is 1.25 bits per heavy atom. The molecule has 0 bridgehead atoms. The molecule has 0 N–H and O–H groups in total. The Morgan fingerprint density at radius 2 is 1.94 bits per heavy atom. The lowest BCUT2D eigenvalue weighted by Gasteiger charge is -2.03. The Hall–Kier alpha value is -1.75. The minimum atomic E-state index is -0.0776. The van der Waals surface area contributed by atoms with E-state index in [4.69, 9.17) is 0 Å². The van der Waals surface area contributed by atoms with Gasteiger partial charge in [-0.1, -0.05) is 30.3 Å². The van der Waals surface area contributed by atoms with Crippen molar-refractivity contribution in [2.75, 3.05) is 19.0 Å². The SMILES string of the molecule is CN(C)c1nsc(C(=O)c2ccccc2)n1. The van der Waals surface area contributed by atoms with Gasteiger partial charge in [0.15, 0.2) is 5.01 Å². The number of carbonyl (C=O) groups excluding carboxylic acids is 1. The van der Waals surface area contributed by atoms with Crippen LogP contribution in [0.3, 0.4) is 0 Å². The molecule has 0 atom stereocenters. The molecule has 0 aliphatic carbocycles. The number of hydrogen-bond donors (Lipinski definition) is 0. The molecule has 0 saturated heterocycles. The van der Waals surface area contributed by atoms with Crippen LogP contribution in [-0.4, -0.2) is 29.2 Å². The maximum atomic E-state index is 12.0. The van der Waals surface area contributed by atoms with Gasteiger partial charge in [0, 0.05) is 19.7 Å². The Balaban J connectivity index is 2.28. The molecule has 0 amide bonds. The molecule has 82 valence electrons. The second-order valence-electron chi connectivity index (χ2n) is 3.49. The van der Waals surface area contributed by atoms with E-state index in [1.165, 1.54) is 0 Å². The first-order valence-electron chi connectivity index (χ1n) is 4.79. The number of aromatic nitrogens is 2. The lowest BCUT2D eigenvalue weighted by Crippen LogP contribution is -2.10. The molecule has 1 aromatic carbocycles. The maximum Gasteiger partial charge on any atom is 0.237 e. The summed E-state index contributed by atoms with van der Waals surface area (Å²) in [5, 5.41) is 0.426. The molecule has 0 unspecified atom stereocenters. The molecule has 0 aliphatic rings. The average molecular weight is 233 g/mol. The summed E-state index contributed by atoms with van der Waals surface area (Å²) in [7, 11) is 3.69. The molecule has 2 aromatic rings. The van der Waals surface area contributed by atoms with Crippen molar-refractivity contribution in [2.24, 2.45) is 0 Å². The number of nitrogens with zero attached hydrogens (tertiary/aromatic N) is 3. The maximum absolute atomic E-state index is 12.0. The molecule has 0 fully saturated rings. The van der Waals surface area contributed by atoms with Gasteiger partial charge in [-0.3, -0.25) is 4.79 Å². The number of ketones is 1. The Kier molecular flexibility index (Phi) is 2.96. The number of carbonyl (C=O) groups is 1. The van der Waals surface area contributed by atoms with E-state index in [1.54, 1.807) is 17.0 Å². The van der Waals surface area contributed by atoms with Crippen LogP contribution in [0.25, 0.3) is 0 Å². The molecule has 16 heavy (non-hydrogen) atoms. The molecule has 0 spiro atoms. The zero-order chi connectivity index (χ0) is 11.5. The lowest BCUT2D eigenvalue weighted by molar-refractivity contribution is 0.103. The zero-order valence-electron chi connectivity index (χ0n) is 9.04. The van der Waals surface area contributed by atoms with Gasteiger partial charge in [-0.15, -0.1) is 0 Å². The van der Waals surface area contributed by atoms with E-state index in [2.05, 4.69) is 9.36 Å². The summed E-state index contributed by atoms with van der Waals surface area (Å²) in [6.07, 6.45) is 0. The molecule has 5 heteroatoms. The summed E-state index contributed by atoms with van der Waals surface area (Å²) in [5.74, 6) is 0.496. The molecule has 4 nitrogen and oxygen atoms in total. The van der Waals surface area contributed by atoms with E-state index in [0.29, 0.717) is 16.5 Å². The van der Waals surface area contributed by atoms with Gasteiger partial charge >= 0.3 is 0 Å². The summed E-state index contributed by atoms with van der Waals surface area (Å²) >= 11 is 1.13. The first-order chi connectivity index (χ1) is 7.68. The fourth-order valence-electron chi connectivity index (χ4n) is 1.20. The summed E-state index contributed by atoms with van der Waals surface area (Å²) in [4.78, 5) is 17.9. The molecular formula is C11H11N3OS. The van der Waals surface area contributed by atoms with Crippen molar-refractivity contribution in [2.45, 2.75) is 0 Å². The number of anilines is 1. The van der Waals surface area contributed by atoms with Crippen LogP contribution < -0.4 is 4.90 Å². The van der Waals surface area contributed by atoms with Crippen molar-refractivity contribution < 1.29 is 4.79 Å². The Morgan fingerprint density at radius 3 is 2.50 bits per heavy atom. The van der Waals surface area contributed by atoms with Crippen LogP contribution in [0.5, 0.6) is 0 Å². The monoisotopic (exact) mass is 233 g/mol. The summed E-state index contributed by atoms with van der Waals surface area (Å²) < 4.78 is 4.10. The fourth-order valence-corrected chi connectivity index (χ4v) is 1.90. The van der Waals surface area contributed by atoms with E-state index < -0.39 is 0 Å². The highest BCUT2D eigenvalue weighted by Gasteiger charge is 2.14. The van der Waals surface area contributed by atoms with Gasteiger partial charge in [0.05, 0.1) is 0 Å². The predicted molar refractivity (Wildman–Crippen MR) is 64.1 cm³/mol. The van der Waals surface area contributed by atoms with Gasteiger partial charge in [0.2, 0.25) is 11.7 Å². The van der Waals surface area contributed by atoms with Crippen LogP contribution in [0, 0.1) is 0 Å². The smallest absolute Gasteiger partial charge is 0.237 e. The van der Waals surface area contributed by atoms with E-state index in [9.17, 15) is 4.79 Å². The predicted octanol–water partition coefficient (Wildman–Crippen LogP) is 1.84. The normalized spacial score (nSPS) is 10.1. The van der Waals surface area contributed by atoms with E-state index >= 15 is 0 Å². The molecule has 0 saturated carbocycles. The standard InChI is InChI=1S/C11H11N3OS/c1-14(2)11-12-10(16-13-11)9(15)8-6-4-3-5-7-8/h3-7H,1-2H3. The number of hydrogen-bond acceptors (Lipinski definition) is 5. The first kappa shape index (κ1) is 10.8. The molecule has 2 rings (SSSR count). The Bertz CT molecular complexity index is 493. The number of benzene rings is 1. The van der Waals surface area contributed by atoms with Crippen LogP contribution in [0.1, 0.15) is 15.4 Å². The summed E-state index contributed by atoms with van der Waals surface area (Å²) in [6.45, 7) is 0. The van der Waals surface area contributed by atoms with Crippen LogP contribution in [-0.2, 0) is 0 Å². The highest BCUT2D eigenvalue weighted by Crippen LogP contribution is 2.15. The van der Waals surface area contributed by atoms with Crippen molar-refractivity contribution in [3.8, 4) is 0 Å². The highest BCUT2D eigenvalue weighted by atomic mass is 32.1. The number of rotatable bonds is 3. The van der Waals surface area contributed by atoms with Crippen molar-refractivity contribution in [3.05, 3.63) is 40.9 Å².